The van der Waals surface area contributed by atoms with Crippen molar-refractivity contribution in [3.05, 3.63) is 0 Å². The minimum atomic E-state index is -0.742. The minimum absolute atomic E-state index is 0.137. The van der Waals surface area contributed by atoms with Gasteiger partial charge in [-0.2, -0.15) is 0 Å². The van der Waals surface area contributed by atoms with Crippen molar-refractivity contribution in [2.75, 3.05) is 13.7 Å². The van der Waals surface area contributed by atoms with Crippen molar-refractivity contribution in [2.24, 2.45) is 11.8 Å². The number of carboxylic acid groups (broad SMARTS) is 1. The van der Waals surface area contributed by atoms with Gasteiger partial charge < -0.3 is 9.84 Å². The topological polar surface area (TPSA) is 46.5 Å². The first-order chi connectivity index (χ1) is 5.13. The summed E-state index contributed by atoms with van der Waals surface area (Å²) in [7, 11) is 1.59. The first-order valence-electron chi connectivity index (χ1n) is 3.85. The Morgan fingerprint density at radius 2 is 2.18 bits per heavy atom. The summed E-state index contributed by atoms with van der Waals surface area (Å²) in [4.78, 5) is 10.5. The molecule has 2 atom stereocenters. The SMILES string of the molecule is CCC(COC)C(C)C(=O)O. The van der Waals surface area contributed by atoms with Gasteiger partial charge in [0.05, 0.1) is 5.92 Å². The lowest BCUT2D eigenvalue weighted by Crippen LogP contribution is -2.23. The highest BCUT2D eigenvalue weighted by Crippen LogP contribution is 2.15. The Kier molecular flexibility index (Phi) is 4.86. The molecule has 3 nitrogen and oxygen atoms in total. The molecule has 0 aromatic carbocycles. The maximum Gasteiger partial charge on any atom is 0.306 e. The fourth-order valence-electron chi connectivity index (χ4n) is 1.03. The number of carbonyl (C=O) groups is 1. The highest BCUT2D eigenvalue weighted by atomic mass is 16.5. The zero-order valence-electron chi connectivity index (χ0n) is 7.33. The number of carboxylic acids is 1. The largest absolute Gasteiger partial charge is 0.481 e. The maximum atomic E-state index is 10.5. The molecule has 0 amide bonds. The fourth-order valence-corrected chi connectivity index (χ4v) is 1.03. The molecule has 0 aromatic heterocycles. The Morgan fingerprint density at radius 1 is 1.64 bits per heavy atom. The Morgan fingerprint density at radius 3 is 2.45 bits per heavy atom. The van der Waals surface area contributed by atoms with Gasteiger partial charge in [-0.25, -0.2) is 0 Å². The van der Waals surface area contributed by atoms with E-state index in [4.69, 9.17) is 9.84 Å². The van der Waals surface area contributed by atoms with Crippen LogP contribution in [0, 0.1) is 11.8 Å². The van der Waals surface area contributed by atoms with Crippen LogP contribution in [0.2, 0.25) is 0 Å². The molecule has 0 saturated carbocycles. The number of ether oxygens (including phenoxy) is 1. The fraction of sp³-hybridized carbons (Fsp3) is 0.875. The summed E-state index contributed by atoms with van der Waals surface area (Å²) in [6.45, 7) is 4.22. The molecular formula is C8H16O3. The van der Waals surface area contributed by atoms with Crippen LogP contribution in [-0.2, 0) is 9.53 Å². The summed E-state index contributed by atoms with van der Waals surface area (Å²) in [5.41, 5.74) is 0. The van der Waals surface area contributed by atoms with Crippen LogP contribution in [-0.4, -0.2) is 24.8 Å². The van der Waals surface area contributed by atoms with Gasteiger partial charge in [0.2, 0.25) is 0 Å². The zero-order chi connectivity index (χ0) is 8.85. The third-order valence-corrected chi connectivity index (χ3v) is 2.00. The van der Waals surface area contributed by atoms with Crippen LogP contribution < -0.4 is 0 Å². The van der Waals surface area contributed by atoms with Gasteiger partial charge in [-0.3, -0.25) is 4.79 Å². The number of methoxy groups -OCH3 is 1. The van der Waals surface area contributed by atoms with Crippen molar-refractivity contribution in [3.63, 3.8) is 0 Å². The van der Waals surface area contributed by atoms with E-state index in [0.717, 1.165) is 6.42 Å². The van der Waals surface area contributed by atoms with E-state index in [0.29, 0.717) is 6.61 Å². The molecular weight excluding hydrogens is 144 g/mol. The smallest absolute Gasteiger partial charge is 0.306 e. The van der Waals surface area contributed by atoms with Crippen LogP contribution in [0.15, 0.2) is 0 Å². The monoisotopic (exact) mass is 160 g/mol. The molecule has 0 aliphatic heterocycles. The minimum Gasteiger partial charge on any atom is -0.481 e. The number of hydrogen-bond donors (Lipinski definition) is 1. The van der Waals surface area contributed by atoms with Crippen LogP contribution in [0.3, 0.4) is 0 Å². The van der Waals surface area contributed by atoms with E-state index >= 15 is 0 Å². The Hall–Kier alpha value is -0.570. The van der Waals surface area contributed by atoms with Crippen LogP contribution in [0.1, 0.15) is 20.3 Å². The second kappa shape index (κ2) is 5.13. The highest BCUT2D eigenvalue weighted by Gasteiger charge is 2.21. The first kappa shape index (κ1) is 10.4. The Labute approximate surface area is 67.4 Å². The molecule has 0 aliphatic rings. The first-order valence-corrected chi connectivity index (χ1v) is 3.85. The van der Waals surface area contributed by atoms with E-state index in [-0.39, 0.29) is 11.8 Å². The van der Waals surface area contributed by atoms with Crippen LogP contribution >= 0.6 is 0 Å². The van der Waals surface area contributed by atoms with Gasteiger partial charge in [0.15, 0.2) is 0 Å². The average molecular weight is 160 g/mol. The summed E-state index contributed by atoms with van der Waals surface area (Å²) in [5, 5.41) is 8.65. The lowest BCUT2D eigenvalue weighted by Gasteiger charge is -2.17. The van der Waals surface area contributed by atoms with Crippen molar-refractivity contribution in [1.82, 2.24) is 0 Å². The predicted molar refractivity (Wildman–Crippen MR) is 42.5 cm³/mol. The molecule has 0 saturated heterocycles. The maximum absolute atomic E-state index is 10.5. The molecule has 0 aromatic rings. The normalized spacial score (nSPS) is 15.9. The van der Waals surface area contributed by atoms with E-state index in [1.54, 1.807) is 14.0 Å². The van der Waals surface area contributed by atoms with Gasteiger partial charge in [0.1, 0.15) is 0 Å². The van der Waals surface area contributed by atoms with E-state index in [1.807, 2.05) is 6.92 Å². The quantitative estimate of drug-likeness (QED) is 0.661. The van der Waals surface area contributed by atoms with E-state index < -0.39 is 5.97 Å². The van der Waals surface area contributed by atoms with Crippen LogP contribution in [0.5, 0.6) is 0 Å². The summed E-state index contributed by atoms with van der Waals surface area (Å²) in [6.07, 6.45) is 0.849. The molecule has 0 rings (SSSR count). The lowest BCUT2D eigenvalue weighted by atomic mass is 9.93. The predicted octanol–water partition coefficient (Wildman–Crippen LogP) is 1.38. The van der Waals surface area contributed by atoms with Crippen LogP contribution in [0.25, 0.3) is 0 Å². The number of rotatable bonds is 5. The van der Waals surface area contributed by atoms with Gasteiger partial charge in [-0.05, 0) is 5.92 Å². The lowest BCUT2D eigenvalue weighted by molar-refractivity contribution is -0.143. The van der Waals surface area contributed by atoms with Crippen molar-refractivity contribution in [1.29, 1.82) is 0 Å². The molecule has 0 fully saturated rings. The molecule has 11 heavy (non-hydrogen) atoms. The van der Waals surface area contributed by atoms with E-state index in [9.17, 15) is 4.79 Å². The molecule has 3 heteroatoms. The van der Waals surface area contributed by atoms with Crippen molar-refractivity contribution >= 4 is 5.97 Å². The molecule has 0 spiro atoms. The molecule has 1 N–H and O–H groups in total. The van der Waals surface area contributed by atoms with Gasteiger partial charge >= 0.3 is 5.97 Å². The van der Waals surface area contributed by atoms with Crippen molar-refractivity contribution in [3.8, 4) is 0 Å². The molecule has 0 radical (unpaired) electrons. The third-order valence-electron chi connectivity index (χ3n) is 2.00. The standard InChI is InChI=1S/C8H16O3/c1-4-7(5-11-3)6(2)8(9)10/h6-7H,4-5H2,1-3H3,(H,9,10). The molecule has 0 heterocycles. The van der Waals surface area contributed by atoms with Gasteiger partial charge in [0, 0.05) is 13.7 Å². The molecule has 66 valence electrons. The van der Waals surface area contributed by atoms with Gasteiger partial charge in [-0.1, -0.05) is 20.3 Å². The second-order valence-electron chi connectivity index (χ2n) is 2.75. The average Bonchev–Trinajstić information content (AvgIpc) is 1.98. The van der Waals surface area contributed by atoms with Crippen molar-refractivity contribution < 1.29 is 14.6 Å². The summed E-state index contributed by atoms with van der Waals surface area (Å²) in [6, 6.07) is 0. The van der Waals surface area contributed by atoms with Gasteiger partial charge in [-0.15, -0.1) is 0 Å². The Balaban J connectivity index is 3.91. The highest BCUT2D eigenvalue weighted by molar-refractivity contribution is 5.69. The second-order valence-corrected chi connectivity index (χ2v) is 2.75. The van der Waals surface area contributed by atoms with E-state index in [2.05, 4.69) is 0 Å². The van der Waals surface area contributed by atoms with Crippen molar-refractivity contribution in [2.45, 2.75) is 20.3 Å². The van der Waals surface area contributed by atoms with Crippen LogP contribution in [0.4, 0.5) is 0 Å². The number of hydrogen-bond acceptors (Lipinski definition) is 2. The summed E-state index contributed by atoms with van der Waals surface area (Å²) in [5.74, 6) is -0.911. The van der Waals surface area contributed by atoms with E-state index in [1.165, 1.54) is 0 Å². The third kappa shape index (κ3) is 3.37. The zero-order valence-corrected chi connectivity index (χ0v) is 7.33. The summed E-state index contributed by atoms with van der Waals surface area (Å²) < 4.78 is 4.90. The Bertz CT molecular complexity index is 123. The molecule has 0 bridgehead atoms. The molecule has 0 aliphatic carbocycles. The molecule has 2 unspecified atom stereocenters. The van der Waals surface area contributed by atoms with Gasteiger partial charge in [0.25, 0.3) is 0 Å². The number of aliphatic carboxylic acids is 1. The summed E-state index contributed by atoms with van der Waals surface area (Å²) >= 11 is 0.